The summed E-state index contributed by atoms with van der Waals surface area (Å²) in [7, 11) is 0. The third kappa shape index (κ3) is 7.81. The van der Waals surface area contributed by atoms with E-state index in [1.54, 1.807) is 13.1 Å². The van der Waals surface area contributed by atoms with Crippen LogP contribution < -0.4 is 16.0 Å². The van der Waals surface area contributed by atoms with Crippen LogP contribution in [0.15, 0.2) is 36.5 Å². The number of Topliss-reactive ketones (excluding diaryl/α,β-unsaturated/α-hetero) is 1. The van der Waals surface area contributed by atoms with E-state index in [1.807, 2.05) is 30.3 Å². The molecular formula is C30H40N6O6. The lowest BCUT2D eigenvalue weighted by Gasteiger charge is -2.32. The number of aryl methyl sites for hydroxylation is 1. The summed E-state index contributed by atoms with van der Waals surface area (Å²) in [6.45, 7) is 3.57. The van der Waals surface area contributed by atoms with Gasteiger partial charge in [0.15, 0.2) is 11.8 Å². The fourth-order valence-corrected chi connectivity index (χ4v) is 5.46. The number of benzene rings is 1. The van der Waals surface area contributed by atoms with E-state index in [0.29, 0.717) is 44.3 Å². The van der Waals surface area contributed by atoms with Crippen LogP contribution in [0.3, 0.4) is 0 Å². The van der Waals surface area contributed by atoms with Gasteiger partial charge in [-0.2, -0.15) is 0 Å². The molecule has 5 N–H and O–H groups in total. The number of hydrogen-bond donors (Lipinski definition) is 5. The largest absolute Gasteiger partial charge is 0.386 e. The fraction of sp³-hybridized carbons (Fsp3) is 0.533. The van der Waals surface area contributed by atoms with E-state index in [-0.39, 0.29) is 36.8 Å². The van der Waals surface area contributed by atoms with E-state index >= 15 is 0 Å². The Morgan fingerprint density at radius 1 is 1.00 bits per heavy atom. The van der Waals surface area contributed by atoms with Gasteiger partial charge in [-0.3, -0.25) is 24.0 Å². The van der Waals surface area contributed by atoms with Crippen molar-refractivity contribution in [2.45, 2.75) is 95.5 Å². The van der Waals surface area contributed by atoms with Crippen LogP contribution in [0.1, 0.15) is 75.0 Å². The minimum atomic E-state index is -1.23. The molecule has 2 aliphatic rings. The van der Waals surface area contributed by atoms with Gasteiger partial charge in [0.25, 0.3) is 5.91 Å². The molecule has 0 saturated carbocycles. The van der Waals surface area contributed by atoms with Crippen LogP contribution in [-0.4, -0.2) is 80.2 Å². The Morgan fingerprint density at radius 3 is 2.43 bits per heavy atom. The summed E-state index contributed by atoms with van der Waals surface area (Å²) in [5, 5.41) is 17.8. The maximum atomic E-state index is 13.9. The molecule has 3 heterocycles. The summed E-state index contributed by atoms with van der Waals surface area (Å²) < 4.78 is 0. The van der Waals surface area contributed by atoms with Gasteiger partial charge in [-0.15, -0.1) is 0 Å². The van der Waals surface area contributed by atoms with Crippen molar-refractivity contribution in [1.29, 1.82) is 0 Å². The first-order valence-corrected chi connectivity index (χ1v) is 14.6. The van der Waals surface area contributed by atoms with Gasteiger partial charge in [0.05, 0.1) is 0 Å². The first-order valence-electron chi connectivity index (χ1n) is 14.6. The number of imidazole rings is 1. The first kappa shape index (κ1) is 30.9. The van der Waals surface area contributed by atoms with Gasteiger partial charge in [0.1, 0.15) is 30.1 Å². The summed E-state index contributed by atoms with van der Waals surface area (Å²) >= 11 is 0. The number of aliphatic hydroxyl groups excluding tert-OH is 1. The summed E-state index contributed by atoms with van der Waals surface area (Å²) in [5.74, 6) is -1.95. The van der Waals surface area contributed by atoms with Crippen LogP contribution in [0.2, 0.25) is 0 Å². The molecule has 12 nitrogen and oxygen atoms in total. The van der Waals surface area contributed by atoms with Crippen LogP contribution in [0.5, 0.6) is 0 Å². The molecule has 2 fully saturated rings. The third-order valence-corrected chi connectivity index (χ3v) is 7.80. The minimum Gasteiger partial charge on any atom is -0.386 e. The molecule has 42 heavy (non-hydrogen) atoms. The van der Waals surface area contributed by atoms with Crippen molar-refractivity contribution in [3.05, 3.63) is 53.6 Å². The predicted molar refractivity (Wildman–Crippen MR) is 153 cm³/mol. The van der Waals surface area contributed by atoms with Gasteiger partial charge in [-0.25, -0.2) is 4.98 Å². The summed E-state index contributed by atoms with van der Waals surface area (Å²) in [5.41, 5.74) is 1.53. The lowest BCUT2D eigenvalue weighted by Crippen LogP contribution is -2.59. The highest BCUT2D eigenvalue weighted by Gasteiger charge is 2.41. The zero-order chi connectivity index (χ0) is 30.2. The number of amides is 4. The van der Waals surface area contributed by atoms with Crippen molar-refractivity contribution >= 4 is 29.4 Å². The number of fused-ring (bicyclic) bond motifs is 1. The predicted octanol–water partition coefficient (Wildman–Crippen LogP) is 0.993. The van der Waals surface area contributed by atoms with Crippen molar-refractivity contribution in [2.75, 3.05) is 6.54 Å². The molecule has 0 aliphatic carbocycles. The molecule has 0 spiro atoms. The van der Waals surface area contributed by atoms with E-state index in [9.17, 15) is 29.1 Å². The molecule has 0 unspecified atom stereocenters. The number of carbonyl (C=O) groups is 5. The van der Waals surface area contributed by atoms with E-state index in [4.69, 9.17) is 0 Å². The highest BCUT2D eigenvalue weighted by molar-refractivity contribution is 5.98. The quantitative estimate of drug-likeness (QED) is 0.261. The molecule has 4 amide bonds. The Morgan fingerprint density at radius 2 is 1.74 bits per heavy atom. The molecule has 0 radical (unpaired) electrons. The lowest BCUT2D eigenvalue weighted by molar-refractivity contribution is -0.143. The number of aromatic nitrogens is 2. The van der Waals surface area contributed by atoms with E-state index in [2.05, 4.69) is 25.9 Å². The lowest BCUT2D eigenvalue weighted by atomic mass is 10.0. The van der Waals surface area contributed by atoms with Crippen molar-refractivity contribution in [3.63, 3.8) is 0 Å². The average Bonchev–Trinajstić information content (AvgIpc) is 3.63. The minimum absolute atomic E-state index is 0.210. The molecule has 2 aromatic rings. The summed E-state index contributed by atoms with van der Waals surface area (Å²) in [6.07, 6.45) is 3.98. The number of H-pyrrole nitrogens is 1. The molecule has 2 saturated heterocycles. The molecule has 1 aromatic carbocycles. The van der Waals surface area contributed by atoms with Crippen molar-refractivity contribution in [3.8, 4) is 0 Å². The van der Waals surface area contributed by atoms with Gasteiger partial charge < -0.3 is 30.9 Å². The Balaban J connectivity index is 1.59. The van der Waals surface area contributed by atoms with Crippen LogP contribution in [0.4, 0.5) is 0 Å². The SMILES string of the molecule is Cc1cnc([C@@H]2NC(=O)[C@H](CCCCCC(=O)[C@H](C)O)NC(=O)[C@H]3CCCN3C(=O)[C@H](Cc3ccccc3)NC2=O)[nH]1. The molecule has 1 aromatic heterocycles. The number of aliphatic hydroxyl groups is 1. The number of ketones is 1. The second kappa shape index (κ2) is 14.2. The van der Waals surface area contributed by atoms with Crippen LogP contribution >= 0.6 is 0 Å². The van der Waals surface area contributed by atoms with E-state index < -0.39 is 48.0 Å². The topological polar surface area (TPSA) is 174 Å². The molecule has 226 valence electrons. The number of nitrogens with one attached hydrogen (secondary N) is 4. The molecule has 5 atom stereocenters. The van der Waals surface area contributed by atoms with Gasteiger partial charge >= 0.3 is 0 Å². The number of unbranched alkanes of at least 4 members (excludes halogenated alkanes) is 2. The highest BCUT2D eigenvalue weighted by Crippen LogP contribution is 2.22. The van der Waals surface area contributed by atoms with E-state index in [1.165, 1.54) is 11.8 Å². The fourth-order valence-electron chi connectivity index (χ4n) is 5.46. The highest BCUT2D eigenvalue weighted by atomic mass is 16.3. The van der Waals surface area contributed by atoms with Gasteiger partial charge in [-0.1, -0.05) is 43.2 Å². The summed E-state index contributed by atoms with van der Waals surface area (Å²) in [4.78, 5) is 75.1. The standard InChI is InChI=1S/C30H40N6O6/c1-18-17-31-26(32-18)25-29(41)34-22(16-20-10-5-3-6-11-20)30(42)36-15-9-13-23(36)28(40)33-21(27(39)35-25)12-7-4-8-14-24(38)19(2)37/h3,5-6,10-11,17,19,21-23,25,37H,4,7-9,12-16H2,1-2H3,(H,31,32)(H,33,40)(H,34,41)(H,35,39)/t19-,21-,22-,23+,25-/m0/s1. The Kier molecular flexibility index (Phi) is 10.5. The maximum absolute atomic E-state index is 13.9. The van der Waals surface area contributed by atoms with Gasteiger partial charge in [0.2, 0.25) is 17.7 Å². The number of nitrogens with zero attached hydrogens (tertiary/aromatic N) is 2. The Labute approximate surface area is 245 Å². The normalized spacial score (nSPS) is 24.1. The zero-order valence-electron chi connectivity index (χ0n) is 24.1. The molecule has 4 rings (SSSR count). The van der Waals surface area contributed by atoms with Gasteiger partial charge in [-0.05, 0) is 45.1 Å². The van der Waals surface area contributed by atoms with Crippen molar-refractivity contribution in [2.24, 2.45) is 0 Å². The van der Waals surface area contributed by atoms with Crippen LogP contribution in [-0.2, 0) is 30.4 Å². The van der Waals surface area contributed by atoms with Gasteiger partial charge in [0, 0.05) is 31.3 Å². The first-order chi connectivity index (χ1) is 20.1. The number of rotatable bonds is 10. The Bertz CT molecular complexity index is 1280. The van der Waals surface area contributed by atoms with Crippen molar-refractivity contribution < 1.29 is 29.1 Å². The van der Waals surface area contributed by atoms with E-state index in [0.717, 1.165) is 5.56 Å². The Hall–Kier alpha value is -4.06. The molecular weight excluding hydrogens is 540 g/mol. The molecule has 0 bridgehead atoms. The maximum Gasteiger partial charge on any atom is 0.251 e. The number of aromatic amines is 1. The smallest absolute Gasteiger partial charge is 0.251 e. The summed E-state index contributed by atoms with van der Waals surface area (Å²) in [6, 6.07) is 5.39. The van der Waals surface area contributed by atoms with Crippen LogP contribution in [0.25, 0.3) is 0 Å². The number of hydrogen-bond acceptors (Lipinski definition) is 7. The third-order valence-electron chi connectivity index (χ3n) is 7.80. The monoisotopic (exact) mass is 580 g/mol. The number of carbonyl (C=O) groups excluding carboxylic acids is 5. The van der Waals surface area contributed by atoms with Crippen LogP contribution in [0, 0.1) is 6.92 Å². The second-order valence-corrected chi connectivity index (χ2v) is 11.1. The average molecular weight is 581 g/mol. The second-order valence-electron chi connectivity index (χ2n) is 11.1. The molecule has 2 aliphatic heterocycles. The molecule has 12 heteroatoms. The van der Waals surface area contributed by atoms with Crippen molar-refractivity contribution in [1.82, 2.24) is 30.8 Å². The zero-order valence-corrected chi connectivity index (χ0v) is 24.1.